The Morgan fingerprint density at radius 3 is 2.70 bits per heavy atom. The standard InChI is InChI=1S/C16H16N4O3/c1-3-23-16(22)14(8-13-9-18-10-19-13)20-15(21)11-4-6-12(17-2)7-5-11/h2,4-7,9-10,14H,3,8H2,1H3,(H-,18,19,20,21)/p+1/t14-/m1/s1. The van der Waals surface area contributed by atoms with Crippen molar-refractivity contribution in [3.05, 3.63) is 52.9 Å². The van der Waals surface area contributed by atoms with Gasteiger partial charge in [0.1, 0.15) is 6.04 Å². The molecule has 0 saturated heterocycles. The number of aromatic nitrogens is 2. The minimum Gasteiger partial charge on any atom is -0.464 e. The van der Waals surface area contributed by atoms with Crippen molar-refractivity contribution in [2.24, 2.45) is 0 Å². The van der Waals surface area contributed by atoms with Crippen molar-refractivity contribution >= 4 is 17.6 Å². The third-order valence-electron chi connectivity index (χ3n) is 3.13. The van der Waals surface area contributed by atoms with Crippen LogP contribution in [0, 0.1) is 6.57 Å². The van der Waals surface area contributed by atoms with Crippen LogP contribution in [0.5, 0.6) is 0 Å². The first kappa shape index (κ1) is 16.2. The summed E-state index contributed by atoms with van der Waals surface area (Å²) in [7, 11) is 0. The Morgan fingerprint density at radius 2 is 2.13 bits per heavy atom. The summed E-state index contributed by atoms with van der Waals surface area (Å²) < 4.78 is 5.01. The van der Waals surface area contributed by atoms with E-state index in [9.17, 15) is 9.59 Å². The highest BCUT2D eigenvalue weighted by molar-refractivity contribution is 5.97. The Bertz CT molecular complexity index is 702. The van der Waals surface area contributed by atoms with Gasteiger partial charge in [-0.1, -0.05) is 0 Å². The maximum atomic E-state index is 12.3. The number of nitrogens with zero attached hydrogens (tertiary/aromatic N) is 2. The van der Waals surface area contributed by atoms with Crippen molar-refractivity contribution in [1.82, 2.24) is 15.3 Å². The van der Waals surface area contributed by atoms with Gasteiger partial charge in [0.15, 0.2) is 0 Å². The normalized spacial score (nSPS) is 11.3. The lowest BCUT2D eigenvalue weighted by atomic mass is 10.1. The number of benzene rings is 1. The second-order valence-corrected chi connectivity index (χ2v) is 4.74. The molecule has 0 aliphatic heterocycles. The fourth-order valence-corrected chi connectivity index (χ4v) is 1.99. The SMILES string of the molecule is C#[N+]c1ccc(C(=O)N[C@H](Cc2cnc[nH]2)C(=O)OCC)cc1. The third-order valence-corrected chi connectivity index (χ3v) is 3.13. The highest BCUT2D eigenvalue weighted by Crippen LogP contribution is 2.13. The number of imidazole rings is 1. The van der Waals surface area contributed by atoms with E-state index in [1.165, 1.54) is 6.33 Å². The molecule has 0 unspecified atom stereocenters. The van der Waals surface area contributed by atoms with Crippen LogP contribution in [0.15, 0.2) is 36.8 Å². The van der Waals surface area contributed by atoms with Gasteiger partial charge in [-0.15, -0.1) is 0 Å². The molecule has 1 amide bonds. The van der Waals surface area contributed by atoms with Crippen LogP contribution in [0.4, 0.5) is 5.69 Å². The highest BCUT2D eigenvalue weighted by atomic mass is 16.5. The van der Waals surface area contributed by atoms with Crippen LogP contribution in [-0.2, 0) is 16.0 Å². The molecule has 0 bridgehead atoms. The lowest BCUT2D eigenvalue weighted by Gasteiger charge is -2.16. The Labute approximate surface area is 133 Å². The van der Waals surface area contributed by atoms with E-state index in [1.54, 1.807) is 37.4 Å². The molecule has 0 saturated carbocycles. The lowest BCUT2D eigenvalue weighted by molar-refractivity contribution is -0.145. The molecule has 0 radical (unpaired) electrons. The summed E-state index contributed by atoms with van der Waals surface area (Å²) in [6.45, 7) is 7.11. The largest absolute Gasteiger partial charge is 0.464 e. The number of H-pyrrole nitrogens is 1. The van der Waals surface area contributed by atoms with Gasteiger partial charge in [-0.2, -0.15) is 0 Å². The smallest absolute Gasteiger partial charge is 0.339 e. The van der Waals surface area contributed by atoms with Gasteiger partial charge >= 0.3 is 11.7 Å². The monoisotopic (exact) mass is 313 g/mol. The predicted molar refractivity (Wildman–Crippen MR) is 84.6 cm³/mol. The van der Waals surface area contributed by atoms with Crippen LogP contribution in [0.1, 0.15) is 23.0 Å². The van der Waals surface area contributed by atoms with Crippen LogP contribution in [-0.4, -0.2) is 34.5 Å². The first-order chi connectivity index (χ1) is 11.1. The Morgan fingerprint density at radius 1 is 1.39 bits per heavy atom. The summed E-state index contributed by atoms with van der Waals surface area (Å²) >= 11 is 0. The number of amides is 1. The first-order valence-corrected chi connectivity index (χ1v) is 7.09. The van der Waals surface area contributed by atoms with Gasteiger partial charge in [-0.25, -0.2) is 9.78 Å². The Hall–Kier alpha value is -3.14. The minimum atomic E-state index is -0.804. The molecule has 2 N–H and O–H groups in total. The average molecular weight is 313 g/mol. The minimum absolute atomic E-state index is 0.237. The topological polar surface area (TPSA) is 88.4 Å². The van der Waals surface area contributed by atoms with Crippen molar-refractivity contribution in [1.29, 1.82) is 0 Å². The maximum absolute atomic E-state index is 12.3. The summed E-state index contributed by atoms with van der Waals surface area (Å²) in [5, 5.41) is 2.67. The molecular weight excluding hydrogens is 296 g/mol. The van der Waals surface area contributed by atoms with Crippen molar-refractivity contribution in [2.45, 2.75) is 19.4 Å². The molecule has 23 heavy (non-hydrogen) atoms. The van der Waals surface area contributed by atoms with Crippen LogP contribution >= 0.6 is 0 Å². The van der Waals surface area contributed by atoms with Crippen molar-refractivity contribution < 1.29 is 14.3 Å². The van der Waals surface area contributed by atoms with Crippen LogP contribution in [0.2, 0.25) is 0 Å². The fraction of sp³-hybridized carbons (Fsp3) is 0.250. The second kappa shape index (κ2) is 7.75. The zero-order valence-electron chi connectivity index (χ0n) is 12.7. The molecule has 1 heterocycles. The van der Waals surface area contributed by atoms with Gasteiger partial charge in [-0.3, -0.25) is 4.79 Å². The number of rotatable bonds is 6. The molecule has 2 rings (SSSR count). The van der Waals surface area contributed by atoms with E-state index in [0.717, 1.165) is 5.69 Å². The van der Waals surface area contributed by atoms with E-state index in [1.807, 2.05) is 0 Å². The van der Waals surface area contributed by atoms with Crippen LogP contribution < -0.4 is 5.32 Å². The molecule has 0 fully saturated rings. The van der Waals surface area contributed by atoms with Gasteiger partial charge in [0, 0.05) is 36.0 Å². The zero-order valence-corrected chi connectivity index (χ0v) is 12.7. The van der Waals surface area contributed by atoms with Crippen LogP contribution in [0.3, 0.4) is 0 Å². The molecule has 118 valence electrons. The van der Waals surface area contributed by atoms with E-state index in [4.69, 9.17) is 11.3 Å². The molecule has 1 atom stereocenters. The van der Waals surface area contributed by atoms with Gasteiger partial charge in [0.05, 0.1) is 12.9 Å². The number of aromatic amines is 1. The van der Waals surface area contributed by atoms with E-state index in [-0.39, 0.29) is 18.9 Å². The first-order valence-electron chi connectivity index (χ1n) is 7.09. The lowest BCUT2D eigenvalue weighted by Crippen LogP contribution is -2.43. The number of ether oxygens (including phenoxy) is 1. The quantitative estimate of drug-likeness (QED) is 0.797. The van der Waals surface area contributed by atoms with E-state index < -0.39 is 12.0 Å². The third kappa shape index (κ3) is 4.41. The number of esters is 1. The molecule has 7 nitrogen and oxygen atoms in total. The molecule has 1 aromatic heterocycles. The average Bonchev–Trinajstić information content (AvgIpc) is 3.07. The molecular formula is C16H17N4O3+. The van der Waals surface area contributed by atoms with E-state index in [0.29, 0.717) is 11.3 Å². The molecule has 7 heteroatoms. The molecule has 0 spiro atoms. The van der Waals surface area contributed by atoms with E-state index >= 15 is 0 Å². The highest BCUT2D eigenvalue weighted by Gasteiger charge is 2.23. The molecule has 0 aliphatic carbocycles. The summed E-state index contributed by atoms with van der Waals surface area (Å²) in [4.78, 5) is 34.6. The predicted octanol–water partition coefficient (Wildman–Crippen LogP) is 1.91. The van der Waals surface area contributed by atoms with Gasteiger partial charge in [0.2, 0.25) is 0 Å². The number of hydrogen-bond acceptors (Lipinski definition) is 4. The van der Waals surface area contributed by atoms with Crippen molar-refractivity contribution in [2.75, 3.05) is 6.61 Å². The maximum Gasteiger partial charge on any atom is 0.339 e. The summed E-state index contributed by atoms with van der Waals surface area (Å²) in [5.41, 5.74) is 1.68. The number of hydrogen-bond donors (Lipinski definition) is 2. The fourth-order valence-electron chi connectivity index (χ4n) is 1.99. The van der Waals surface area contributed by atoms with Crippen molar-refractivity contribution in [3.63, 3.8) is 0 Å². The molecule has 1 aromatic carbocycles. The van der Waals surface area contributed by atoms with Crippen molar-refractivity contribution in [3.8, 4) is 6.57 Å². The Balaban J connectivity index is 2.10. The number of carbonyl (C=O) groups is 2. The Kier molecular flexibility index (Phi) is 5.47. The van der Waals surface area contributed by atoms with Gasteiger partial charge < -0.3 is 15.0 Å². The van der Waals surface area contributed by atoms with Gasteiger partial charge in [-0.05, 0) is 23.9 Å². The van der Waals surface area contributed by atoms with E-state index in [2.05, 4.69) is 20.1 Å². The molecule has 2 aromatic rings. The number of nitrogens with one attached hydrogen (secondary N) is 2. The summed E-state index contributed by atoms with van der Waals surface area (Å²) in [6.07, 6.45) is 3.37. The number of carbonyl (C=O) groups excluding carboxylic acids is 2. The molecule has 0 aliphatic rings. The van der Waals surface area contributed by atoms with Crippen LogP contribution in [0.25, 0.3) is 4.85 Å². The van der Waals surface area contributed by atoms with Gasteiger partial charge in [0.25, 0.3) is 12.5 Å². The second-order valence-electron chi connectivity index (χ2n) is 4.74. The summed E-state index contributed by atoms with van der Waals surface area (Å²) in [6, 6.07) is 5.59. The zero-order chi connectivity index (χ0) is 16.7. The summed E-state index contributed by atoms with van der Waals surface area (Å²) in [5.74, 6) is -0.879.